The highest BCUT2D eigenvalue weighted by Gasteiger charge is 2.38. The lowest BCUT2D eigenvalue weighted by Gasteiger charge is -2.39. The van der Waals surface area contributed by atoms with E-state index in [2.05, 4.69) is 31.6 Å². The summed E-state index contributed by atoms with van der Waals surface area (Å²) in [6, 6.07) is 9.91. The van der Waals surface area contributed by atoms with E-state index >= 15 is 0 Å². The highest BCUT2D eigenvalue weighted by atomic mass is 35.5. The molecule has 3 aliphatic rings. The van der Waals surface area contributed by atoms with Crippen molar-refractivity contribution in [1.82, 2.24) is 9.80 Å². The quantitative estimate of drug-likeness (QED) is 0.736. The van der Waals surface area contributed by atoms with Crippen LogP contribution in [0.4, 0.5) is 5.69 Å². The Balaban J connectivity index is 0.000000307. The molecule has 3 fully saturated rings. The summed E-state index contributed by atoms with van der Waals surface area (Å²) in [6.45, 7) is 10.8. The Hall–Kier alpha value is -1.30. The van der Waals surface area contributed by atoms with E-state index in [1.807, 2.05) is 12.1 Å². The largest absolute Gasteiger partial charge is 0.466 e. The van der Waals surface area contributed by atoms with E-state index in [-0.39, 0.29) is 5.97 Å². The van der Waals surface area contributed by atoms with Crippen LogP contribution in [-0.4, -0.2) is 73.7 Å². The molecule has 0 amide bonds. The zero-order chi connectivity index (χ0) is 19.2. The van der Waals surface area contributed by atoms with Crippen molar-refractivity contribution in [3.8, 4) is 0 Å². The number of carbonyl (C=O) groups excluding carboxylic acids is 1. The molecule has 3 saturated heterocycles. The molecule has 3 heterocycles. The van der Waals surface area contributed by atoms with Crippen LogP contribution in [0.3, 0.4) is 0 Å². The van der Waals surface area contributed by atoms with Crippen LogP contribution >= 0.6 is 11.6 Å². The highest BCUT2D eigenvalue weighted by molar-refractivity contribution is 6.33. The third kappa shape index (κ3) is 5.37. The third-order valence-electron chi connectivity index (χ3n) is 5.86. The lowest BCUT2D eigenvalue weighted by molar-refractivity contribution is -0.140. The molecule has 0 saturated carbocycles. The van der Waals surface area contributed by atoms with Gasteiger partial charge in [-0.05, 0) is 44.9 Å². The second-order valence-electron chi connectivity index (χ2n) is 7.58. The van der Waals surface area contributed by atoms with Crippen molar-refractivity contribution >= 4 is 23.3 Å². The summed E-state index contributed by atoms with van der Waals surface area (Å²) in [6.07, 6.45) is 4.24. The number of piperazine rings is 1. The zero-order valence-electron chi connectivity index (χ0n) is 16.6. The number of ether oxygens (including phenoxy) is 1. The smallest absolute Gasteiger partial charge is 0.302 e. The number of halogens is 1. The van der Waals surface area contributed by atoms with Crippen molar-refractivity contribution in [2.24, 2.45) is 0 Å². The summed E-state index contributed by atoms with van der Waals surface area (Å²) < 4.78 is 4.40. The molecule has 4 rings (SSSR count). The average Bonchev–Trinajstić information content (AvgIpc) is 3.25. The molecule has 0 bridgehead atoms. The summed E-state index contributed by atoms with van der Waals surface area (Å²) in [5, 5.41) is 0.882. The summed E-state index contributed by atoms with van der Waals surface area (Å²) >= 11 is 6.32. The normalized spacial score (nSPS) is 25.7. The molecule has 6 heteroatoms. The van der Waals surface area contributed by atoms with Crippen LogP contribution in [0.15, 0.2) is 24.3 Å². The molecule has 0 radical (unpaired) electrons. The standard InChI is InChI=1S/C17H24ClN3.C4H8O2/c18-16-5-1-2-6-17(16)20-10-8-19(9-11-20)15-12-14-4-3-7-21(14)13-15;1-3-6-4(2)5/h1-2,5-6,14-15H,3-4,7-13H2;3H2,1-2H3. The molecule has 27 heavy (non-hydrogen) atoms. The average molecular weight is 394 g/mol. The van der Waals surface area contributed by atoms with Crippen molar-refractivity contribution in [2.75, 3.05) is 50.8 Å². The minimum atomic E-state index is -0.211. The Morgan fingerprint density at radius 1 is 1.11 bits per heavy atom. The maximum Gasteiger partial charge on any atom is 0.302 e. The van der Waals surface area contributed by atoms with Crippen LogP contribution in [0.25, 0.3) is 0 Å². The number of para-hydroxylation sites is 1. The fraction of sp³-hybridized carbons (Fsp3) is 0.667. The van der Waals surface area contributed by atoms with Crippen LogP contribution in [0.1, 0.15) is 33.1 Å². The Bertz CT molecular complexity index is 607. The summed E-state index contributed by atoms with van der Waals surface area (Å²) in [5.41, 5.74) is 1.20. The number of rotatable bonds is 3. The van der Waals surface area contributed by atoms with Crippen LogP contribution in [0.5, 0.6) is 0 Å². The van der Waals surface area contributed by atoms with Gasteiger partial charge in [0, 0.05) is 51.7 Å². The number of anilines is 1. The molecule has 2 atom stereocenters. The third-order valence-corrected chi connectivity index (χ3v) is 6.18. The number of fused-ring (bicyclic) bond motifs is 1. The van der Waals surface area contributed by atoms with Crippen molar-refractivity contribution in [2.45, 2.75) is 45.2 Å². The first kappa shape index (κ1) is 20.4. The molecule has 5 nitrogen and oxygen atoms in total. The predicted octanol–water partition coefficient (Wildman–Crippen LogP) is 3.27. The first-order valence-corrected chi connectivity index (χ1v) is 10.6. The number of hydrogen-bond donors (Lipinski definition) is 0. The van der Waals surface area contributed by atoms with Crippen molar-refractivity contribution in [1.29, 1.82) is 0 Å². The topological polar surface area (TPSA) is 36.0 Å². The van der Waals surface area contributed by atoms with E-state index in [9.17, 15) is 4.79 Å². The van der Waals surface area contributed by atoms with Gasteiger partial charge in [-0.25, -0.2) is 0 Å². The Labute approximate surface area is 168 Å². The Morgan fingerprint density at radius 3 is 2.44 bits per heavy atom. The lowest BCUT2D eigenvalue weighted by atomic mass is 10.1. The molecule has 150 valence electrons. The van der Waals surface area contributed by atoms with Gasteiger partial charge in [0.2, 0.25) is 0 Å². The van der Waals surface area contributed by atoms with E-state index in [4.69, 9.17) is 11.6 Å². The maximum atomic E-state index is 9.82. The monoisotopic (exact) mass is 393 g/mol. The second-order valence-corrected chi connectivity index (χ2v) is 7.99. The zero-order valence-corrected chi connectivity index (χ0v) is 17.3. The minimum absolute atomic E-state index is 0.211. The number of benzene rings is 1. The van der Waals surface area contributed by atoms with Gasteiger partial charge >= 0.3 is 5.97 Å². The van der Waals surface area contributed by atoms with Crippen LogP contribution in [0, 0.1) is 0 Å². The first-order valence-electron chi connectivity index (χ1n) is 10.2. The minimum Gasteiger partial charge on any atom is -0.466 e. The van der Waals surface area contributed by atoms with Gasteiger partial charge in [-0.15, -0.1) is 0 Å². The summed E-state index contributed by atoms with van der Waals surface area (Å²) in [7, 11) is 0. The van der Waals surface area contributed by atoms with E-state index in [1.165, 1.54) is 58.1 Å². The van der Waals surface area contributed by atoms with Crippen molar-refractivity contribution in [3.63, 3.8) is 0 Å². The van der Waals surface area contributed by atoms with Gasteiger partial charge in [-0.2, -0.15) is 0 Å². The molecule has 0 spiro atoms. The lowest BCUT2D eigenvalue weighted by Crippen LogP contribution is -2.51. The Morgan fingerprint density at radius 2 is 1.85 bits per heavy atom. The van der Waals surface area contributed by atoms with Crippen molar-refractivity contribution < 1.29 is 9.53 Å². The van der Waals surface area contributed by atoms with Gasteiger partial charge in [0.05, 0.1) is 17.3 Å². The number of nitrogens with zero attached hydrogens (tertiary/aromatic N) is 3. The molecular formula is C21H32ClN3O2. The van der Waals surface area contributed by atoms with Gasteiger partial charge in [0.25, 0.3) is 0 Å². The second kappa shape index (κ2) is 9.76. The number of esters is 1. The predicted molar refractivity (Wildman–Crippen MR) is 111 cm³/mol. The number of carbonyl (C=O) groups is 1. The van der Waals surface area contributed by atoms with Crippen LogP contribution in [0.2, 0.25) is 5.02 Å². The van der Waals surface area contributed by atoms with E-state index in [0.29, 0.717) is 6.61 Å². The fourth-order valence-electron chi connectivity index (χ4n) is 4.57. The molecule has 1 aromatic carbocycles. The van der Waals surface area contributed by atoms with Gasteiger partial charge in [0.1, 0.15) is 0 Å². The van der Waals surface area contributed by atoms with Gasteiger partial charge in [-0.3, -0.25) is 14.6 Å². The van der Waals surface area contributed by atoms with E-state index in [1.54, 1.807) is 6.92 Å². The first-order chi connectivity index (χ1) is 13.1. The van der Waals surface area contributed by atoms with E-state index in [0.717, 1.165) is 30.2 Å². The van der Waals surface area contributed by atoms with Crippen LogP contribution < -0.4 is 4.90 Å². The molecular weight excluding hydrogens is 362 g/mol. The van der Waals surface area contributed by atoms with E-state index < -0.39 is 0 Å². The molecule has 0 N–H and O–H groups in total. The maximum absolute atomic E-state index is 9.82. The summed E-state index contributed by atoms with van der Waals surface area (Å²) in [4.78, 5) is 17.7. The summed E-state index contributed by atoms with van der Waals surface area (Å²) in [5.74, 6) is -0.211. The Kier molecular flexibility index (Phi) is 7.39. The van der Waals surface area contributed by atoms with Gasteiger partial charge < -0.3 is 9.64 Å². The molecule has 2 unspecified atom stereocenters. The fourth-order valence-corrected chi connectivity index (χ4v) is 4.82. The molecule has 1 aromatic rings. The van der Waals surface area contributed by atoms with Crippen LogP contribution in [-0.2, 0) is 9.53 Å². The SMILES string of the molecule is CCOC(C)=O.Clc1ccccc1N1CCN(C2CC3CCCN3C2)CC1. The molecule has 0 aromatic heterocycles. The number of hydrogen-bond acceptors (Lipinski definition) is 5. The molecule has 0 aliphatic carbocycles. The van der Waals surface area contributed by atoms with Crippen molar-refractivity contribution in [3.05, 3.63) is 29.3 Å². The highest BCUT2D eigenvalue weighted by Crippen LogP contribution is 2.32. The van der Waals surface area contributed by atoms with Gasteiger partial charge in [-0.1, -0.05) is 23.7 Å². The van der Waals surface area contributed by atoms with Gasteiger partial charge in [0.15, 0.2) is 0 Å². The molecule has 3 aliphatic heterocycles.